The molecule has 36 valence electrons. The van der Waals surface area contributed by atoms with Gasteiger partial charge in [-0.2, -0.15) is 0 Å². The van der Waals surface area contributed by atoms with Gasteiger partial charge in [-0.25, -0.2) is 0 Å². The van der Waals surface area contributed by atoms with Crippen LogP contribution in [0.5, 0.6) is 0 Å². The van der Waals surface area contributed by atoms with Gasteiger partial charge in [0.1, 0.15) is 0 Å². The van der Waals surface area contributed by atoms with Crippen molar-refractivity contribution in [2.75, 3.05) is 0 Å². The minimum Gasteiger partial charge on any atom is 0 e. The van der Waals surface area contributed by atoms with Crippen molar-refractivity contribution in [2.24, 2.45) is 0 Å². The topological polar surface area (TPSA) is 0 Å². The maximum absolute atomic E-state index is 5.01. The molecule has 0 saturated carbocycles. The van der Waals surface area contributed by atoms with E-state index < -0.39 is 9.55 Å². The maximum atomic E-state index is 5.01. The summed E-state index contributed by atoms with van der Waals surface area (Å²) in [6.45, 7) is 0. The summed E-state index contributed by atoms with van der Waals surface area (Å²) in [5, 5.41) is 0. The van der Waals surface area contributed by atoms with Crippen molar-refractivity contribution in [1.82, 2.24) is 0 Å². The van der Waals surface area contributed by atoms with Gasteiger partial charge in [0.2, 0.25) is 0 Å². The van der Waals surface area contributed by atoms with E-state index in [1.807, 2.05) is 0 Å². The molecule has 0 aromatic heterocycles. The maximum Gasteiger partial charge on any atom is 0 e. The summed E-state index contributed by atoms with van der Waals surface area (Å²) in [5.41, 5.74) is 0. The van der Waals surface area contributed by atoms with Crippen LogP contribution in [0.3, 0.4) is 0 Å². The minimum atomic E-state index is -3.11. The van der Waals surface area contributed by atoms with Gasteiger partial charge < -0.3 is 0 Å². The Morgan fingerprint density at radius 3 is 0.833 bits per heavy atom. The van der Waals surface area contributed by atoms with Crippen molar-refractivity contribution in [3.63, 3.8) is 0 Å². The molecule has 0 aliphatic heterocycles. The van der Waals surface area contributed by atoms with Crippen LogP contribution in [0.1, 0.15) is 0 Å². The van der Waals surface area contributed by atoms with Crippen LogP contribution in [0, 0.1) is 0 Å². The molecule has 0 N–H and O–H groups in total. The van der Waals surface area contributed by atoms with E-state index in [-0.39, 0.29) is 11.0 Å². The second-order valence-corrected chi connectivity index (χ2v) is 20.0. The Kier molecular flexibility index (Phi) is 6.97. The van der Waals surface area contributed by atoms with Crippen molar-refractivity contribution in [3.8, 4) is 0 Å². The van der Waals surface area contributed by atoms with Crippen LogP contribution in [0.25, 0.3) is 0 Å². The smallest absolute Gasteiger partial charge is 0 e. The van der Waals surface area contributed by atoms with E-state index in [9.17, 15) is 0 Å². The number of hydrogen-bond donors (Lipinski definition) is 0. The summed E-state index contributed by atoms with van der Waals surface area (Å²) in [6.07, 6.45) is 0. The van der Waals surface area contributed by atoms with E-state index >= 15 is 0 Å². The molecule has 0 rings (SSSR count). The first-order valence-corrected chi connectivity index (χ1v) is 11.8. The summed E-state index contributed by atoms with van der Waals surface area (Å²) in [6, 6.07) is 0. The molecule has 0 aliphatic rings. The molecule has 0 nitrogen and oxygen atoms in total. The summed E-state index contributed by atoms with van der Waals surface area (Å²) in [7, 11) is 16.9. The van der Waals surface area contributed by atoms with E-state index in [2.05, 4.69) is 0 Å². The van der Waals surface area contributed by atoms with Gasteiger partial charge in [-0.15, -0.1) is 0 Å². The Labute approximate surface area is 60.2 Å². The van der Waals surface area contributed by atoms with Crippen molar-refractivity contribution in [1.29, 1.82) is 0 Å². The fourth-order valence-corrected chi connectivity index (χ4v) is 0. The van der Waals surface area contributed by atoms with Gasteiger partial charge in [0.05, 0.1) is 0 Å². The van der Waals surface area contributed by atoms with Crippen LogP contribution >= 0.6 is 40.0 Å². The van der Waals surface area contributed by atoms with Crippen LogP contribution < -0.4 is 0 Å². The van der Waals surface area contributed by atoms with Crippen LogP contribution in [0.4, 0.5) is 0 Å². The second kappa shape index (κ2) is 3.87. The van der Waals surface area contributed by atoms with Crippen LogP contribution in [0.15, 0.2) is 0 Å². The third-order valence-electron chi connectivity index (χ3n) is 0. The van der Waals surface area contributed by atoms with Crippen molar-refractivity contribution < 1.29 is 0 Å². The van der Waals surface area contributed by atoms with E-state index in [4.69, 9.17) is 40.0 Å². The molecular weight excluding hydrogens is 243 g/mol. The van der Waals surface area contributed by atoms with Crippen molar-refractivity contribution >= 4 is 60.6 Å². The molecule has 0 heterocycles. The largest absolute Gasteiger partial charge is 0 e. The molecule has 0 saturated heterocycles. The first-order valence-electron chi connectivity index (χ1n) is 0.756. The van der Waals surface area contributed by atoms with Crippen molar-refractivity contribution in [3.05, 3.63) is 0 Å². The van der Waals surface area contributed by atoms with Gasteiger partial charge in [0, 0.05) is 11.0 Å². The zero-order chi connectivity index (χ0) is 4.50. The quantitative estimate of drug-likeness (QED) is 0.570. The Hall–Kier alpha value is 1.92. The average Bonchev–Trinajstić information content (AvgIpc) is 0.722. The average molecular weight is 243 g/mol. The number of halogens is 4. The second-order valence-electron chi connectivity index (χ2n) is 0.429. The third kappa shape index (κ3) is 38.9. The predicted molar refractivity (Wildman–Crippen MR) is 34.9 cm³/mol. The predicted octanol–water partition coefficient (Wildman–Crippen LogP) is 2.00. The molecular formula is Cl4GeSi. The van der Waals surface area contributed by atoms with E-state index in [1.54, 1.807) is 0 Å². The molecule has 0 amide bonds. The SMILES string of the molecule is [Cl][Ge]([Cl])([Cl])[Cl].[Si]. The molecule has 6 heteroatoms. The van der Waals surface area contributed by atoms with Gasteiger partial charge in [-0.3, -0.25) is 0 Å². The first kappa shape index (κ1) is 10.8. The van der Waals surface area contributed by atoms with E-state index in [0.717, 1.165) is 0 Å². The normalized spacial score (nSPS) is 10.0. The summed E-state index contributed by atoms with van der Waals surface area (Å²) >= 11 is 0. The number of rotatable bonds is 0. The monoisotopic (exact) mass is 242 g/mol. The molecule has 0 unspecified atom stereocenters. The standard InChI is InChI=1S/Cl4Ge.Si/c1-5(2,3)4;. The van der Waals surface area contributed by atoms with E-state index in [1.165, 1.54) is 0 Å². The Balaban J connectivity index is 0. The Bertz CT molecular complexity index is 23.0. The van der Waals surface area contributed by atoms with Gasteiger partial charge in [-0.05, 0) is 0 Å². The molecule has 0 aromatic rings. The van der Waals surface area contributed by atoms with Crippen LogP contribution in [-0.4, -0.2) is 20.5 Å². The summed E-state index contributed by atoms with van der Waals surface area (Å²) in [4.78, 5) is 0. The van der Waals surface area contributed by atoms with Gasteiger partial charge >= 0.3 is 49.6 Å². The molecule has 0 spiro atoms. The van der Waals surface area contributed by atoms with Crippen molar-refractivity contribution in [2.45, 2.75) is 0 Å². The minimum absolute atomic E-state index is 0. The molecule has 4 radical (unpaired) electrons. The Morgan fingerprint density at radius 1 is 0.833 bits per heavy atom. The fraction of sp³-hybridized carbons (Fsp3) is 0. The van der Waals surface area contributed by atoms with Gasteiger partial charge in [0.25, 0.3) is 0 Å². The first-order chi connectivity index (χ1) is 2.00. The molecule has 0 aromatic carbocycles. The fourth-order valence-electron chi connectivity index (χ4n) is 0. The molecule has 6 heavy (non-hydrogen) atoms. The van der Waals surface area contributed by atoms with Gasteiger partial charge in [0.15, 0.2) is 0 Å². The third-order valence-corrected chi connectivity index (χ3v) is 0. The van der Waals surface area contributed by atoms with Gasteiger partial charge in [-0.1, -0.05) is 0 Å². The van der Waals surface area contributed by atoms with Crippen LogP contribution in [-0.2, 0) is 0 Å². The summed E-state index contributed by atoms with van der Waals surface area (Å²) < 4.78 is 0. The zero-order valence-electron chi connectivity index (χ0n) is 2.51. The van der Waals surface area contributed by atoms with E-state index in [0.29, 0.717) is 0 Å². The Morgan fingerprint density at radius 2 is 0.833 bits per heavy atom. The number of hydrogen-bond acceptors (Lipinski definition) is 0. The molecule has 0 atom stereocenters. The molecule has 0 bridgehead atoms. The molecule has 0 fully saturated rings. The zero-order valence-corrected chi connectivity index (χ0v) is 8.63. The molecule has 0 aliphatic carbocycles. The van der Waals surface area contributed by atoms with Crippen LogP contribution in [0.2, 0.25) is 0 Å². The summed E-state index contributed by atoms with van der Waals surface area (Å²) in [5.74, 6) is 0.